The molecule has 0 bridgehead atoms. The summed E-state index contributed by atoms with van der Waals surface area (Å²) in [5.74, 6) is -2.62. The SMILES string of the molecule is CCCCOC(=O)c1ccc(NC(=O)C(Sc2ccc(NC(=O)/C(=C/c3c(F)cccc3Cl)NC(=O)c3ccccc3)cc2)c2ccccc2)cc1. The van der Waals surface area contributed by atoms with Gasteiger partial charge in [-0.3, -0.25) is 14.4 Å². The zero-order valence-electron chi connectivity index (χ0n) is 28.1. The van der Waals surface area contributed by atoms with Crippen molar-refractivity contribution in [1.82, 2.24) is 5.32 Å². The summed E-state index contributed by atoms with van der Waals surface area (Å²) in [4.78, 5) is 53.1. The standard InChI is InChI=1S/C41H35ClFN3O5S/c1-2-3-25-51-41(50)29-17-19-30(20-18-29)45-40(49)37(27-11-6-4-7-12-27)52-32-23-21-31(22-24-32)44-39(48)36(26-33-34(42)15-10-16-35(33)43)46-38(47)28-13-8-5-9-14-28/h4-24,26,37H,2-3,25H2,1H3,(H,44,48)(H,45,49)(H,46,47)/b36-26-. The van der Waals surface area contributed by atoms with Gasteiger partial charge in [0.25, 0.3) is 11.8 Å². The number of carbonyl (C=O) groups excluding carboxylic acids is 4. The number of carbonyl (C=O) groups is 4. The van der Waals surface area contributed by atoms with E-state index in [-0.39, 0.29) is 22.2 Å². The molecule has 264 valence electrons. The minimum Gasteiger partial charge on any atom is -0.462 e. The Morgan fingerprint density at radius 2 is 1.40 bits per heavy atom. The van der Waals surface area contributed by atoms with Crippen LogP contribution in [0.5, 0.6) is 0 Å². The number of rotatable bonds is 14. The number of anilines is 2. The van der Waals surface area contributed by atoms with Gasteiger partial charge in [-0.15, -0.1) is 11.8 Å². The molecule has 1 atom stereocenters. The van der Waals surface area contributed by atoms with Gasteiger partial charge in [0, 0.05) is 27.4 Å². The second-order valence-electron chi connectivity index (χ2n) is 11.5. The molecule has 3 N–H and O–H groups in total. The van der Waals surface area contributed by atoms with E-state index in [0.717, 1.165) is 23.3 Å². The van der Waals surface area contributed by atoms with Crippen molar-refractivity contribution in [3.63, 3.8) is 0 Å². The lowest BCUT2D eigenvalue weighted by Crippen LogP contribution is -2.30. The lowest BCUT2D eigenvalue weighted by Gasteiger charge is -2.18. The van der Waals surface area contributed by atoms with Gasteiger partial charge in [0.1, 0.15) is 16.8 Å². The smallest absolute Gasteiger partial charge is 0.338 e. The molecule has 0 spiro atoms. The van der Waals surface area contributed by atoms with E-state index in [2.05, 4.69) is 16.0 Å². The predicted octanol–water partition coefficient (Wildman–Crippen LogP) is 9.32. The molecule has 0 aliphatic heterocycles. The van der Waals surface area contributed by atoms with E-state index in [1.165, 1.54) is 36.0 Å². The first-order valence-corrected chi connectivity index (χ1v) is 17.7. The maximum Gasteiger partial charge on any atom is 0.338 e. The molecule has 0 aromatic heterocycles. The van der Waals surface area contributed by atoms with Crippen LogP contribution in [0, 0.1) is 5.82 Å². The number of halogens is 2. The molecule has 3 amide bonds. The van der Waals surface area contributed by atoms with Gasteiger partial charge in [-0.05, 0) is 90.9 Å². The molecule has 52 heavy (non-hydrogen) atoms. The number of ether oxygens (including phenoxy) is 1. The van der Waals surface area contributed by atoms with Gasteiger partial charge in [0.15, 0.2) is 0 Å². The Hall–Kier alpha value is -5.71. The predicted molar refractivity (Wildman–Crippen MR) is 204 cm³/mol. The van der Waals surface area contributed by atoms with Crippen LogP contribution in [0.15, 0.2) is 138 Å². The Kier molecular flexibility index (Phi) is 13.4. The van der Waals surface area contributed by atoms with Crippen molar-refractivity contribution < 1.29 is 28.3 Å². The van der Waals surface area contributed by atoms with Crippen molar-refractivity contribution in [3.8, 4) is 0 Å². The summed E-state index contributed by atoms with van der Waals surface area (Å²) in [6, 6.07) is 35.1. The molecule has 5 aromatic carbocycles. The van der Waals surface area contributed by atoms with Crippen molar-refractivity contribution in [2.75, 3.05) is 17.2 Å². The minimum atomic E-state index is -0.703. The highest BCUT2D eigenvalue weighted by atomic mass is 35.5. The highest BCUT2D eigenvalue weighted by molar-refractivity contribution is 8.00. The van der Waals surface area contributed by atoms with Crippen LogP contribution in [0.25, 0.3) is 6.08 Å². The molecule has 5 aromatic rings. The van der Waals surface area contributed by atoms with Gasteiger partial charge in [-0.2, -0.15) is 0 Å². The number of benzene rings is 5. The average molecular weight is 736 g/mol. The molecule has 0 radical (unpaired) electrons. The van der Waals surface area contributed by atoms with E-state index in [0.29, 0.717) is 29.1 Å². The van der Waals surface area contributed by atoms with Crippen LogP contribution in [0.3, 0.4) is 0 Å². The number of hydrogen-bond donors (Lipinski definition) is 3. The zero-order valence-corrected chi connectivity index (χ0v) is 29.7. The summed E-state index contributed by atoms with van der Waals surface area (Å²) in [7, 11) is 0. The molecule has 0 saturated heterocycles. The molecular formula is C41H35ClFN3O5S. The molecule has 0 heterocycles. The molecule has 5 rings (SSSR count). The van der Waals surface area contributed by atoms with Crippen LogP contribution in [-0.2, 0) is 14.3 Å². The lowest BCUT2D eigenvalue weighted by atomic mass is 10.1. The zero-order chi connectivity index (χ0) is 36.9. The Labute approximate surface area is 310 Å². The van der Waals surface area contributed by atoms with E-state index >= 15 is 0 Å². The molecule has 11 heteroatoms. The number of nitrogens with one attached hydrogen (secondary N) is 3. The number of thioether (sulfide) groups is 1. The lowest BCUT2D eigenvalue weighted by molar-refractivity contribution is -0.116. The van der Waals surface area contributed by atoms with E-state index < -0.39 is 28.9 Å². The van der Waals surface area contributed by atoms with Crippen LogP contribution in [-0.4, -0.2) is 30.3 Å². The Bertz CT molecular complexity index is 2020. The van der Waals surface area contributed by atoms with E-state index in [1.807, 2.05) is 37.3 Å². The highest BCUT2D eigenvalue weighted by Gasteiger charge is 2.23. The van der Waals surface area contributed by atoms with Gasteiger partial charge in [0.05, 0.1) is 17.2 Å². The van der Waals surface area contributed by atoms with Crippen molar-refractivity contribution >= 4 is 64.5 Å². The maximum absolute atomic E-state index is 14.7. The third kappa shape index (κ3) is 10.4. The molecular weight excluding hydrogens is 701 g/mol. The summed E-state index contributed by atoms with van der Waals surface area (Å²) in [5, 5.41) is 7.68. The molecule has 0 saturated carbocycles. The first-order chi connectivity index (χ1) is 25.2. The first kappa shape index (κ1) is 37.5. The van der Waals surface area contributed by atoms with Gasteiger partial charge in [-0.1, -0.05) is 79.5 Å². The number of hydrogen-bond acceptors (Lipinski definition) is 6. The van der Waals surface area contributed by atoms with Crippen LogP contribution < -0.4 is 16.0 Å². The highest BCUT2D eigenvalue weighted by Crippen LogP contribution is 2.37. The molecule has 1 unspecified atom stereocenters. The summed E-state index contributed by atoms with van der Waals surface area (Å²) in [6.07, 6.45) is 2.90. The van der Waals surface area contributed by atoms with Crippen LogP contribution >= 0.6 is 23.4 Å². The summed E-state index contributed by atoms with van der Waals surface area (Å²) in [5.41, 5.74) is 2.11. The molecule has 0 aliphatic carbocycles. The normalized spacial score (nSPS) is 11.6. The number of esters is 1. The second kappa shape index (κ2) is 18.5. The first-order valence-electron chi connectivity index (χ1n) is 16.4. The Balaban J connectivity index is 1.30. The second-order valence-corrected chi connectivity index (χ2v) is 13.0. The Morgan fingerprint density at radius 3 is 2.06 bits per heavy atom. The van der Waals surface area contributed by atoms with Crippen LogP contribution in [0.2, 0.25) is 5.02 Å². The molecule has 0 fully saturated rings. The van der Waals surface area contributed by atoms with Crippen LogP contribution in [0.4, 0.5) is 15.8 Å². The van der Waals surface area contributed by atoms with Gasteiger partial charge in [-0.25, -0.2) is 9.18 Å². The quantitative estimate of drug-likeness (QED) is 0.0454. The summed E-state index contributed by atoms with van der Waals surface area (Å²) in [6.45, 7) is 2.37. The van der Waals surface area contributed by atoms with E-state index in [9.17, 15) is 23.6 Å². The third-order valence-electron chi connectivity index (χ3n) is 7.64. The largest absolute Gasteiger partial charge is 0.462 e. The Morgan fingerprint density at radius 1 is 0.769 bits per heavy atom. The monoisotopic (exact) mass is 735 g/mol. The third-order valence-corrected chi connectivity index (χ3v) is 9.24. The summed E-state index contributed by atoms with van der Waals surface area (Å²) >= 11 is 7.53. The average Bonchev–Trinajstić information content (AvgIpc) is 3.16. The van der Waals surface area contributed by atoms with Gasteiger partial charge >= 0.3 is 5.97 Å². The topological polar surface area (TPSA) is 114 Å². The summed E-state index contributed by atoms with van der Waals surface area (Å²) < 4.78 is 20.0. The fourth-order valence-corrected chi connectivity index (χ4v) is 6.12. The van der Waals surface area contributed by atoms with E-state index in [1.54, 1.807) is 78.9 Å². The van der Waals surface area contributed by atoms with Crippen molar-refractivity contribution in [3.05, 3.63) is 166 Å². The van der Waals surface area contributed by atoms with Crippen molar-refractivity contribution in [2.45, 2.75) is 29.9 Å². The number of amides is 3. The molecule has 8 nitrogen and oxygen atoms in total. The fourth-order valence-electron chi connectivity index (χ4n) is 4.88. The van der Waals surface area contributed by atoms with E-state index in [4.69, 9.17) is 16.3 Å². The maximum atomic E-state index is 14.7. The van der Waals surface area contributed by atoms with Gasteiger partial charge < -0.3 is 20.7 Å². The minimum absolute atomic E-state index is 0.0551. The van der Waals surface area contributed by atoms with Crippen LogP contribution in [0.1, 0.15) is 56.9 Å². The van der Waals surface area contributed by atoms with Crippen molar-refractivity contribution in [1.29, 1.82) is 0 Å². The number of unbranched alkanes of at least 4 members (excludes halogenated alkanes) is 1. The van der Waals surface area contributed by atoms with Gasteiger partial charge in [0.2, 0.25) is 5.91 Å². The van der Waals surface area contributed by atoms with Crippen molar-refractivity contribution in [2.24, 2.45) is 0 Å². The fraction of sp³-hybridized carbons (Fsp3) is 0.122. The molecule has 0 aliphatic rings.